The molecule has 0 radical (unpaired) electrons. The first-order valence-corrected chi connectivity index (χ1v) is 9.74. The highest BCUT2D eigenvalue weighted by atomic mass is 79.9. The van der Waals surface area contributed by atoms with Gasteiger partial charge in [-0.25, -0.2) is 4.39 Å². The third-order valence-electron chi connectivity index (χ3n) is 3.49. The summed E-state index contributed by atoms with van der Waals surface area (Å²) in [5, 5.41) is 2.13. The Bertz CT molecular complexity index is 564. The Labute approximate surface area is 117 Å². The van der Waals surface area contributed by atoms with Gasteiger partial charge < -0.3 is 0 Å². The third kappa shape index (κ3) is 2.29. The average Bonchev–Trinajstić information content (AvgIpc) is 2.37. The monoisotopic (exact) mass is 322 g/mol. The van der Waals surface area contributed by atoms with Crippen LogP contribution >= 0.6 is 15.9 Å². The molecule has 0 bridgehead atoms. The van der Waals surface area contributed by atoms with Gasteiger partial charge in [-0.3, -0.25) is 0 Å². The molecule has 18 heavy (non-hydrogen) atoms. The van der Waals surface area contributed by atoms with Crippen molar-refractivity contribution in [1.29, 1.82) is 0 Å². The number of rotatable bonds is 2. The molecule has 94 valence electrons. The molecule has 2 rings (SSSR count). The van der Waals surface area contributed by atoms with Gasteiger partial charge in [-0.05, 0) is 23.7 Å². The Morgan fingerprint density at radius 1 is 1.00 bits per heavy atom. The van der Waals surface area contributed by atoms with Gasteiger partial charge in [0.1, 0.15) is 13.9 Å². The van der Waals surface area contributed by atoms with Crippen LogP contribution in [0.4, 0.5) is 4.39 Å². The molecule has 0 saturated carbocycles. The van der Waals surface area contributed by atoms with Crippen molar-refractivity contribution < 1.29 is 4.39 Å². The molecule has 0 aliphatic rings. The van der Waals surface area contributed by atoms with Crippen molar-refractivity contribution in [2.45, 2.75) is 20.0 Å². The number of hydrogen-bond acceptors (Lipinski definition) is 0. The van der Waals surface area contributed by atoms with Crippen molar-refractivity contribution in [2.75, 3.05) is 0 Å². The molecule has 0 saturated heterocycles. The lowest BCUT2D eigenvalue weighted by Gasteiger charge is -2.25. The van der Waals surface area contributed by atoms with E-state index in [0.29, 0.717) is 5.56 Å². The zero-order chi connectivity index (χ0) is 13.3. The molecule has 0 aliphatic carbocycles. The van der Waals surface area contributed by atoms with E-state index in [1.54, 1.807) is 0 Å². The molecule has 2 aromatic carbocycles. The molecule has 0 unspecified atom stereocenters. The van der Waals surface area contributed by atoms with Gasteiger partial charge in [-0.1, -0.05) is 70.6 Å². The molecular formula is C15H16BrFSi. The molecular weight excluding hydrogens is 307 g/mol. The molecule has 0 nitrogen and oxygen atoms in total. The van der Waals surface area contributed by atoms with Crippen LogP contribution in [0, 0.1) is 12.7 Å². The lowest BCUT2D eigenvalue weighted by molar-refractivity contribution is 0.625. The second-order valence-electron chi connectivity index (χ2n) is 5.02. The Balaban J connectivity index is 2.58. The van der Waals surface area contributed by atoms with Crippen molar-refractivity contribution in [3.63, 3.8) is 0 Å². The average molecular weight is 323 g/mol. The van der Waals surface area contributed by atoms with E-state index in [2.05, 4.69) is 41.2 Å². The maximum Gasteiger partial charge on any atom is 0.126 e. The van der Waals surface area contributed by atoms with Crippen molar-refractivity contribution in [1.82, 2.24) is 0 Å². The Morgan fingerprint density at radius 2 is 1.61 bits per heavy atom. The van der Waals surface area contributed by atoms with Gasteiger partial charge in [0, 0.05) is 4.47 Å². The lowest BCUT2D eigenvalue weighted by atomic mass is 10.2. The first-order chi connectivity index (χ1) is 8.44. The molecule has 0 atom stereocenters. The van der Waals surface area contributed by atoms with Gasteiger partial charge in [0.2, 0.25) is 0 Å². The highest BCUT2D eigenvalue weighted by Crippen LogP contribution is 2.19. The predicted molar refractivity (Wildman–Crippen MR) is 82.0 cm³/mol. The summed E-state index contributed by atoms with van der Waals surface area (Å²) in [6, 6.07) is 14.1. The van der Waals surface area contributed by atoms with Crippen LogP contribution in [-0.4, -0.2) is 8.07 Å². The zero-order valence-corrected chi connectivity index (χ0v) is 13.4. The molecule has 2 aromatic rings. The van der Waals surface area contributed by atoms with Crippen LogP contribution in [0.2, 0.25) is 13.1 Å². The maximum atomic E-state index is 14.4. The van der Waals surface area contributed by atoms with Crippen LogP contribution in [0.1, 0.15) is 5.56 Å². The first-order valence-electron chi connectivity index (χ1n) is 5.95. The quantitative estimate of drug-likeness (QED) is 0.739. The molecule has 3 heteroatoms. The van der Waals surface area contributed by atoms with Crippen LogP contribution < -0.4 is 10.4 Å². The number of benzene rings is 2. The zero-order valence-electron chi connectivity index (χ0n) is 10.8. The van der Waals surface area contributed by atoms with Crippen molar-refractivity contribution in [3.05, 3.63) is 58.3 Å². The fourth-order valence-corrected chi connectivity index (χ4v) is 5.03. The summed E-state index contributed by atoms with van der Waals surface area (Å²) < 4.78 is 15.3. The fraction of sp³-hybridized carbons (Fsp3) is 0.200. The van der Waals surface area contributed by atoms with Gasteiger partial charge in [-0.2, -0.15) is 0 Å². The van der Waals surface area contributed by atoms with Gasteiger partial charge in [0.25, 0.3) is 0 Å². The fourth-order valence-electron chi connectivity index (χ4n) is 2.15. The highest BCUT2D eigenvalue weighted by molar-refractivity contribution is 9.10. The van der Waals surface area contributed by atoms with E-state index in [1.807, 2.05) is 37.3 Å². The number of halogens is 2. The topological polar surface area (TPSA) is 0 Å². The standard InChI is InChI=1S/C15H16BrFSi/c1-11-13(16)9-10-14(15(11)17)18(2,3)12-7-5-4-6-8-12/h4-10H,1-3H3. The van der Waals surface area contributed by atoms with Crippen LogP contribution in [0.25, 0.3) is 0 Å². The normalized spacial score (nSPS) is 11.6. The summed E-state index contributed by atoms with van der Waals surface area (Å²) in [4.78, 5) is 0. The van der Waals surface area contributed by atoms with Gasteiger partial charge in [0.05, 0.1) is 0 Å². The molecule has 0 fully saturated rings. The van der Waals surface area contributed by atoms with Crippen molar-refractivity contribution in [2.24, 2.45) is 0 Å². The number of hydrogen-bond donors (Lipinski definition) is 0. The molecule has 0 aromatic heterocycles. The van der Waals surface area contributed by atoms with E-state index < -0.39 is 8.07 Å². The summed E-state index contributed by atoms with van der Waals surface area (Å²) in [5.74, 6) is -0.0649. The first kappa shape index (κ1) is 13.5. The van der Waals surface area contributed by atoms with E-state index in [4.69, 9.17) is 0 Å². The third-order valence-corrected chi connectivity index (χ3v) is 7.86. The lowest BCUT2D eigenvalue weighted by Crippen LogP contribution is -2.54. The van der Waals surface area contributed by atoms with Crippen molar-refractivity contribution in [3.8, 4) is 0 Å². The molecule has 0 amide bonds. The second kappa shape index (κ2) is 4.98. The molecule has 0 N–H and O–H groups in total. The van der Waals surface area contributed by atoms with Gasteiger partial charge >= 0.3 is 0 Å². The van der Waals surface area contributed by atoms with Crippen LogP contribution in [-0.2, 0) is 0 Å². The van der Waals surface area contributed by atoms with E-state index in [1.165, 1.54) is 5.19 Å². The predicted octanol–water partition coefficient (Wildman–Crippen LogP) is 3.72. The summed E-state index contributed by atoms with van der Waals surface area (Å²) >= 11 is 3.38. The van der Waals surface area contributed by atoms with E-state index in [9.17, 15) is 4.39 Å². The summed E-state index contributed by atoms with van der Waals surface area (Å²) in [6.45, 7) is 6.20. The minimum absolute atomic E-state index is 0.0649. The maximum absolute atomic E-state index is 14.4. The summed E-state index contributed by atoms with van der Waals surface area (Å²) in [7, 11) is -1.95. The molecule has 0 spiro atoms. The molecule has 0 aliphatic heterocycles. The summed E-state index contributed by atoms with van der Waals surface area (Å²) in [6.07, 6.45) is 0. The Kier molecular flexibility index (Phi) is 3.73. The molecule has 0 heterocycles. The van der Waals surface area contributed by atoms with E-state index in [0.717, 1.165) is 9.66 Å². The second-order valence-corrected chi connectivity index (χ2v) is 10.2. The van der Waals surface area contributed by atoms with Crippen LogP contribution in [0.15, 0.2) is 46.9 Å². The van der Waals surface area contributed by atoms with Gasteiger partial charge in [0.15, 0.2) is 0 Å². The van der Waals surface area contributed by atoms with E-state index >= 15 is 0 Å². The van der Waals surface area contributed by atoms with Crippen LogP contribution in [0.3, 0.4) is 0 Å². The van der Waals surface area contributed by atoms with E-state index in [-0.39, 0.29) is 5.82 Å². The minimum atomic E-state index is -1.95. The SMILES string of the molecule is Cc1c(Br)ccc([Si](C)(C)c2ccccc2)c1F. The Hall–Kier alpha value is -0.933. The van der Waals surface area contributed by atoms with Gasteiger partial charge in [-0.15, -0.1) is 0 Å². The highest BCUT2D eigenvalue weighted by Gasteiger charge is 2.29. The largest absolute Gasteiger partial charge is 0.207 e. The minimum Gasteiger partial charge on any atom is -0.207 e. The van der Waals surface area contributed by atoms with Crippen molar-refractivity contribution >= 4 is 34.4 Å². The van der Waals surface area contributed by atoms with Crippen LogP contribution in [0.5, 0.6) is 0 Å². The smallest absolute Gasteiger partial charge is 0.126 e. The summed E-state index contributed by atoms with van der Waals surface area (Å²) in [5.41, 5.74) is 0.698. The Morgan fingerprint density at radius 3 is 2.22 bits per heavy atom.